The van der Waals surface area contributed by atoms with Crippen molar-refractivity contribution >= 4 is 23.2 Å². The number of hydrogen-bond acceptors (Lipinski definition) is 3. The van der Waals surface area contributed by atoms with Crippen LogP contribution < -0.4 is 15.4 Å². The molecule has 0 saturated carbocycles. The molecule has 2 N–H and O–H groups in total. The molecule has 2 aromatic rings. The summed E-state index contributed by atoms with van der Waals surface area (Å²) in [6.07, 6.45) is -4.47. The molecule has 1 aliphatic heterocycles. The fourth-order valence-electron chi connectivity index (χ4n) is 2.25. The normalized spacial score (nSPS) is 14.7. The van der Waals surface area contributed by atoms with Crippen LogP contribution in [-0.2, 0) is 6.18 Å². The van der Waals surface area contributed by atoms with E-state index in [0.29, 0.717) is 11.3 Å². The summed E-state index contributed by atoms with van der Waals surface area (Å²) in [6, 6.07) is 9.63. The molecule has 0 unspecified atom stereocenters. The van der Waals surface area contributed by atoms with Crippen LogP contribution >= 0.6 is 11.6 Å². The minimum atomic E-state index is -4.59. The highest BCUT2D eigenvalue weighted by atomic mass is 35.5. The van der Waals surface area contributed by atoms with Crippen molar-refractivity contribution < 1.29 is 22.7 Å². The molecular formula is C17H14ClF3N2O2. The molecule has 0 atom stereocenters. The van der Waals surface area contributed by atoms with E-state index in [2.05, 4.69) is 10.6 Å². The predicted molar refractivity (Wildman–Crippen MR) is 88.1 cm³/mol. The van der Waals surface area contributed by atoms with Crippen LogP contribution in [0.5, 0.6) is 5.75 Å². The quantitative estimate of drug-likeness (QED) is 0.856. The number of alkyl halides is 3. The van der Waals surface area contributed by atoms with Crippen LogP contribution in [0.4, 0.5) is 18.9 Å². The number of hydrogen-bond donors (Lipinski definition) is 2. The van der Waals surface area contributed by atoms with Gasteiger partial charge in [0.25, 0.3) is 5.91 Å². The molecule has 2 aromatic carbocycles. The zero-order valence-electron chi connectivity index (χ0n) is 12.9. The van der Waals surface area contributed by atoms with Gasteiger partial charge in [-0.05, 0) is 42.5 Å². The Labute approximate surface area is 146 Å². The number of benzene rings is 2. The maximum atomic E-state index is 12.9. The Morgan fingerprint density at radius 3 is 2.40 bits per heavy atom. The summed E-state index contributed by atoms with van der Waals surface area (Å²) >= 11 is 5.56. The standard InChI is InChI=1S/C17H14ClF3N2O2/c18-15-6-3-11(7-14(15)17(19,20)21)23-16(24)10-1-4-12(5-2-10)25-13-8-22-9-13/h1-7,13,22H,8-9H2,(H,23,24). The first kappa shape index (κ1) is 17.6. The summed E-state index contributed by atoms with van der Waals surface area (Å²) < 4.78 is 44.2. The number of ether oxygens (including phenoxy) is 1. The first-order valence-corrected chi connectivity index (χ1v) is 7.86. The molecule has 1 amide bonds. The lowest BCUT2D eigenvalue weighted by Gasteiger charge is -2.27. The third-order valence-corrected chi connectivity index (χ3v) is 4.02. The molecule has 3 rings (SSSR count). The van der Waals surface area contributed by atoms with Crippen molar-refractivity contribution in [2.45, 2.75) is 12.3 Å². The zero-order chi connectivity index (χ0) is 18.0. The van der Waals surface area contributed by atoms with Crippen molar-refractivity contribution in [2.24, 2.45) is 0 Å². The van der Waals surface area contributed by atoms with Gasteiger partial charge in [0.2, 0.25) is 0 Å². The molecule has 0 aliphatic carbocycles. The van der Waals surface area contributed by atoms with Gasteiger partial charge < -0.3 is 15.4 Å². The van der Waals surface area contributed by atoms with Crippen molar-refractivity contribution in [2.75, 3.05) is 18.4 Å². The fraction of sp³-hybridized carbons (Fsp3) is 0.235. The van der Waals surface area contributed by atoms with Crippen LogP contribution in [0.2, 0.25) is 5.02 Å². The van der Waals surface area contributed by atoms with Gasteiger partial charge in [-0.3, -0.25) is 4.79 Å². The van der Waals surface area contributed by atoms with E-state index in [1.54, 1.807) is 24.3 Å². The Morgan fingerprint density at radius 2 is 1.84 bits per heavy atom. The summed E-state index contributed by atoms with van der Waals surface area (Å²) in [5.74, 6) is 0.112. The predicted octanol–water partition coefficient (Wildman–Crippen LogP) is 3.96. The molecule has 0 spiro atoms. The zero-order valence-corrected chi connectivity index (χ0v) is 13.6. The van der Waals surface area contributed by atoms with E-state index >= 15 is 0 Å². The highest BCUT2D eigenvalue weighted by Crippen LogP contribution is 2.36. The number of rotatable bonds is 4. The molecule has 1 heterocycles. The Bertz CT molecular complexity index is 774. The van der Waals surface area contributed by atoms with Crippen molar-refractivity contribution in [1.29, 1.82) is 0 Å². The Morgan fingerprint density at radius 1 is 1.16 bits per heavy atom. The van der Waals surface area contributed by atoms with Gasteiger partial charge in [0, 0.05) is 24.3 Å². The largest absolute Gasteiger partial charge is 0.488 e. The van der Waals surface area contributed by atoms with Crippen molar-refractivity contribution in [3.05, 3.63) is 58.6 Å². The molecule has 1 aliphatic rings. The number of nitrogens with one attached hydrogen (secondary N) is 2. The van der Waals surface area contributed by atoms with Crippen LogP contribution in [0.3, 0.4) is 0 Å². The smallest absolute Gasteiger partial charge is 0.417 e. The van der Waals surface area contributed by atoms with Crippen molar-refractivity contribution in [3.63, 3.8) is 0 Å². The van der Waals surface area contributed by atoms with Gasteiger partial charge in [-0.25, -0.2) is 0 Å². The van der Waals surface area contributed by atoms with E-state index in [1.165, 1.54) is 6.07 Å². The molecule has 8 heteroatoms. The monoisotopic (exact) mass is 370 g/mol. The van der Waals surface area contributed by atoms with E-state index in [-0.39, 0.29) is 11.8 Å². The molecule has 25 heavy (non-hydrogen) atoms. The van der Waals surface area contributed by atoms with Gasteiger partial charge in [-0.1, -0.05) is 11.6 Å². The minimum Gasteiger partial charge on any atom is -0.488 e. The highest BCUT2D eigenvalue weighted by Gasteiger charge is 2.33. The summed E-state index contributed by atoms with van der Waals surface area (Å²) in [5.41, 5.74) is -0.671. The number of carbonyl (C=O) groups excluding carboxylic acids is 1. The third kappa shape index (κ3) is 4.24. The van der Waals surface area contributed by atoms with Crippen LogP contribution in [0, 0.1) is 0 Å². The van der Waals surface area contributed by atoms with Gasteiger partial charge in [0.05, 0.1) is 10.6 Å². The van der Waals surface area contributed by atoms with E-state index in [0.717, 1.165) is 25.2 Å². The average molecular weight is 371 g/mol. The minimum absolute atomic E-state index is 0.0163. The third-order valence-electron chi connectivity index (χ3n) is 3.69. The summed E-state index contributed by atoms with van der Waals surface area (Å²) in [7, 11) is 0. The van der Waals surface area contributed by atoms with Crippen LogP contribution in [0.25, 0.3) is 0 Å². The number of halogens is 4. The molecule has 1 fully saturated rings. The fourth-order valence-corrected chi connectivity index (χ4v) is 2.47. The lowest BCUT2D eigenvalue weighted by Crippen LogP contribution is -2.50. The van der Waals surface area contributed by atoms with E-state index in [9.17, 15) is 18.0 Å². The van der Waals surface area contributed by atoms with E-state index < -0.39 is 22.7 Å². The van der Waals surface area contributed by atoms with Crippen LogP contribution in [-0.4, -0.2) is 25.1 Å². The second-order valence-corrected chi connectivity index (χ2v) is 5.98. The van der Waals surface area contributed by atoms with E-state index in [1.807, 2.05) is 0 Å². The lowest BCUT2D eigenvalue weighted by molar-refractivity contribution is -0.137. The van der Waals surface area contributed by atoms with E-state index in [4.69, 9.17) is 16.3 Å². The maximum absolute atomic E-state index is 12.9. The number of carbonyl (C=O) groups is 1. The Kier molecular flexibility index (Phi) is 4.87. The maximum Gasteiger partial charge on any atom is 0.417 e. The van der Waals surface area contributed by atoms with Gasteiger partial charge in [0.15, 0.2) is 0 Å². The Balaban J connectivity index is 1.69. The Hall–Kier alpha value is -2.25. The van der Waals surface area contributed by atoms with Crippen molar-refractivity contribution in [1.82, 2.24) is 5.32 Å². The molecule has 4 nitrogen and oxygen atoms in total. The topological polar surface area (TPSA) is 50.4 Å². The first-order chi connectivity index (χ1) is 11.8. The molecule has 1 saturated heterocycles. The second-order valence-electron chi connectivity index (χ2n) is 5.57. The molecule has 132 valence electrons. The van der Waals surface area contributed by atoms with Gasteiger partial charge in [-0.2, -0.15) is 13.2 Å². The SMILES string of the molecule is O=C(Nc1ccc(Cl)c(C(F)(F)F)c1)c1ccc(OC2CNC2)cc1. The summed E-state index contributed by atoms with van der Waals surface area (Å²) in [4.78, 5) is 12.2. The first-order valence-electron chi connectivity index (χ1n) is 7.48. The van der Waals surface area contributed by atoms with Crippen molar-refractivity contribution in [3.8, 4) is 5.75 Å². The number of amides is 1. The summed E-state index contributed by atoms with van der Waals surface area (Å²) in [5, 5.41) is 5.09. The second kappa shape index (κ2) is 6.93. The molecule has 0 bridgehead atoms. The van der Waals surface area contributed by atoms with Gasteiger partial charge in [-0.15, -0.1) is 0 Å². The highest BCUT2D eigenvalue weighted by molar-refractivity contribution is 6.31. The van der Waals surface area contributed by atoms with Gasteiger partial charge in [0.1, 0.15) is 11.9 Å². The average Bonchev–Trinajstić information content (AvgIpc) is 2.52. The molecule has 0 radical (unpaired) electrons. The van der Waals surface area contributed by atoms with Gasteiger partial charge >= 0.3 is 6.18 Å². The molecule has 0 aromatic heterocycles. The lowest BCUT2D eigenvalue weighted by atomic mass is 10.1. The van der Waals surface area contributed by atoms with Crippen LogP contribution in [0.1, 0.15) is 15.9 Å². The number of anilines is 1. The summed E-state index contributed by atoms with van der Waals surface area (Å²) in [6.45, 7) is 1.56. The molecular weight excluding hydrogens is 357 g/mol. The van der Waals surface area contributed by atoms with Crippen LogP contribution in [0.15, 0.2) is 42.5 Å².